The van der Waals surface area contributed by atoms with E-state index in [2.05, 4.69) is 71.5 Å². The van der Waals surface area contributed by atoms with E-state index in [1.807, 2.05) is 18.3 Å². The third kappa shape index (κ3) is 2.09. The van der Waals surface area contributed by atoms with Gasteiger partial charge in [-0.25, -0.2) is 4.98 Å². The van der Waals surface area contributed by atoms with E-state index in [-0.39, 0.29) is 0 Å². The predicted octanol–water partition coefficient (Wildman–Crippen LogP) is 5.21. The summed E-state index contributed by atoms with van der Waals surface area (Å²) in [5, 5.41) is 1.17. The molecule has 2 aromatic carbocycles. The zero-order chi connectivity index (χ0) is 14.9. The van der Waals surface area contributed by atoms with Gasteiger partial charge >= 0.3 is 0 Å². The van der Waals surface area contributed by atoms with E-state index in [0.717, 1.165) is 11.3 Å². The number of benzene rings is 2. The van der Waals surface area contributed by atoms with Crippen molar-refractivity contribution < 1.29 is 0 Å². The smallest absolute Gasteiger partial charge is 0.138 e. The van der Waals surface area contributed by atoms with Gasteiger partial charge in [-0.1, -0.05) is 54.6 Å². The molecule has 0 radical (unpaired) electrons. The van der Waals surface area contributed by atoms with Gasteiger partial charge in [0.05, 0.1) is 0 Å². The fraction of sp³-hybridized carbons (Fsp3) is 0.0500. The number of hydrogen-bond donors (Lipinski definition) is 1. The van der Waals surface area contributed by atoms with Crippen molar-refractivity contribution in [3.05, 3.63) is 78.6 Å². The Balaban J connectivity index is 1.81. The number of aromatic nitrogens is 2. The molecule has 0 atom stereocenters. The maximum absolute atomic E-state index is 4.40. The van der Waals surface area contributed by atoms with Gasteiger partial charge in [0.25, 0.3) is 0 Å². The molecule has 106 valence electrons. The minimum absolute atomic E-state index is 0.946. The first-order valence-electron chi connectivity index (χ1n) is 7.42. The Morgan fingerprint density at radius 1 is 0.727 bits per heavy atom. The highest BCUT2D eigenvalue weighted by Gasteiger charge is 2.10. The largest absolute Gasteiger partial charge is 0.343 e. The number of nitrogens with zero attached hydrogens (tertiary/aromatic N) is 1. The Kier molecular flexibility index (Phi) is 3.01. The minimum atomic E-state index is 0.946. The van der Waals surface area contributed by atoms with Crippen LogP contribution in [0.15, 0.2) is 72.9 Å². The lowest BCUT2D eigenvalue weighted by Crippen LogP contribution is -1.81. The summed E-state index contributed by atoms with van der Waals surface area (Å²) in [7, 11) is 0. The monoisotopic (exact) mass is 284 g/mol. The molecule has 0 saturated heterocycles. The number of H-pyrrole nitrogens is 1. The highest BCUT2D eigenvalue weighted by molar-refractivity contribution is 5.95. The van der Waals surface area contributed by atoms with Crippen molar-refractivity contribution in [3.63, 3.8) is 0 Å². The van der Waals surface area contributed by atoms with Crippen molar-refractivity contribution in [2.24, 2.45) is 0 Å². The van der Waals surface area contributed by atoms with Crippen molar-refractivity contribution in [3.8, 4) is 22.3 Å². The second kappa shape index (κ2) is 5.15. The van der Waals surface area contributed by atoms with E-state index < -0.39 is 0 Å². The van der Waals surface area contributed by atoms with Crippen molar-refractivity contribution in [1.29, 1.82) is 0 Å². The number of fused-ring (bicyclic) bond motifs is 1. The summed E-state index contributed by atoms with van der Waals surface area (Å²) in [4.78, 5) is 7.76. The molecule has 0 aliphatic rings. The zero-order valence-electron chi connectivity index (χ0n) is 12.4. The molecule has 0 fully saturated rings. The molecule has 2 aromatic heterocycles. The van der Waals surface area contributed by atoms with Crippen molar-refractivity contribution in [1.82, 2.24) is 9.97 Å². The van der Waals surface area contributed by atoms with Crippen LogP contribution in [0.5, 0.6) is 0 Å². The number of aryl methyl sites for hydroxylation is 1. The molecule has 0 saturated carbocycles. The summed E-state index contributed by atoms with van der Waals surface area (Å²) in [5.74, 6) is 0. The number of rotatable bonds is 2. The van der Waals surface area contributed by atoms with Crippen LogP contribution < -0.4 is 0 Å². The third-order valence-electron chi connectivity index (χ3n) is 4.04. The molecule has 22 heavy (non-hydrogen) atoms. The summed E-state index contributed by atoms with van der Waals surface area (Å²) < 4.78 is 0. The molecular weight excluding hydrogens is 268 g/mol. The van der Waals surface area contributed by atoms with Gasteiger partial charge in [0, 0.05) is 22.8 Å². The van der Waals surface area contributed by atoms with E-state index >= 15 is 0 Å². The lowest BCUT2D eigenvalue weighted by molar-refractivity contribution is 1.25. The minimum Gasteiger partial charge on any atom is -0.343 e. The van der Waals surface area contributed by atoms with Crippen LogP contribution in [0, 0.1) is 6.92 Å². The van der Waals surface area contributed by atoms with E-state index in [9.17, 15) is 0 Å². The highest BCUT2D eigenvalue weighted by Crippen LogP contribution is 2.32. The van der Waals surface area contributed by atoms with Crippen LogP contribution in [0.25, 0.3) is 33.3 Å². The van der Waals surface area contributed by atoms with E-state index in [0.29, 0.717) is 0 Å². The van der Waals surface area contributed by atoms with Gasteiger partial charge in [0.2, 0.25) is 0 Å². The number of hydrogen-bond acceptors (Lipinski definition) is 1. The van der Waals surface area contributed by atoms with Crippen LogP contribution in [0.4, 0.5) is 0 Å². The summed E-state index contributed by atoms with van der Waals surface area (Å²) >= 11 is 0. The molecular formula is C20H16N2. The van der Waals surface area contributed by atoms with Crippen molar-refractivity contribution >= 4 is 11.0 Å². The summed E-state index contributed by atoms with van der Waals surface area (Å²) in [5.41, 5.74) is 7.04. The maximum Gasteiger partial charge on any atom is 0.138 e. The van der Waals surface area contributed by atoms with Crippen LogP contribution >= 0.6 is 0 Å². The molecule has 0 bridgehead atoms. The van der Waals surface area contributed by atoms with Crippen LogP contribution in [0.1, 0.15) is 5.69 Å². The van der Waals surface area contributed by atoms with Crippen LogP contribution in [0.3, 0.4) is 0 Å². The van der Waals surface area contributed by atoms with E-state index in [1.165, 1.54) is 27.6 Å². The Bertz CT molecular complexity index is 919. The third-order valence-corrected chi connectivity index (χ3v) is 4.04. The highest BCUT2D eigenvalue weighted by atomic mass is 14.9. The van der Waals surface area contributed by atoms with Gasteiger partial charge in [0.1, 0.15) is 5.65 Å². The second-order valence-corrected chi connectivity index (χ2v) is 5.47. The van der Waals surface area contributed by atoms with E-state index in [4.69, 9.17) is 0 Å². The molecule has 0 unspecified atom stereocenters. The molecule has 2 heteroatoms. The topological polar surface area (TPSA) is 28.7 Å². The molecule has 0 amide bonds. The molecule has 2 heterocycles. The molecule has 0 aliphatic carbocycles. The molecule has 4 rings (SSSR count). The van der Waals surface area contributed by atoms with Crippen LogP contribution in [0.2, 0.25) is 0 Å². The van der Waals surface area contributed by atoms with Crippen molar-refractivity contribution in [2.45, 2.75) is 6.92 Å². The van der Waals surface area contributed by atoms with Crippen LogP contribution in [-0.2, 0) is 0 Å². The Hall–Kier alpha value is -2.87. The maximum atomic E-state index is 4.40. The molecule has 4 aromatic rings. The number of aromatic amines is 1. The summed E-state index contributed by atoms with van der Waals surface area (Å²) in [6, 6.07) is 23.3. The first-order chi connectivity index (χ1) is 10.8. The van der Waals surface area contributed by atoms with Gasteiger partial charge in [-0.3, -0.25) is 0 Å². The second-order valence-electron chi connectivity index (χ2n) is 5.47. The van der Waals surface area contributed by atoms with Gasteiger partial charge in [-0.15, -0.1) is 0 Å². The van der Waals surface area contributed by atoms with E-state index in [1.54, 1.807) is 0 Å². The van der Waals surface area contributed by atoms with Crippen molar-refractivity contribution in [2.75, 3.05) is 0 Å². The fourth-order valence-electron chi connectivity index (χ4n) is 2.98. The normalized spacial score (nSPS) is 11.0. The van der Waals surface area contributed by atoms with Gasteiger partial charge in [-0.2, -0.15) is 0 Å². The fourth-order valence-corrected chi connectivity index (χ4v) is 2.98. The standard InChI is InChI=1S/C20H16N2/c1-14-19(18-8-5-13-21-20(18)22-14)17-11-9-16(10-12-17)15-6-3-2-4-7-15/h2-13H,1H3,(H,21,22). The Morgan fingerprint density at radius 2 is 1.41 bits per heavy atom. The lowest BCUT2D eigenvalue weighted by atomic mass is 9.99. The number of nitrogens with one attached hydrogen (secondary N) is 1. The van der Waals surface area contributed by atoms with Gasteiger partial charge in [-0.05, 0) is 35.7 Å². The average Bonchev–Trinajstić information content (AvgIpc) is 2.91. The Morgan fingerprint density at radius 3 is 2.18 bits per heavy atom. The summed E-state index contributed by atoms with van der Waals surface area (Å²) in [6.07, 6.45) is 1.82. The molecule has 0 aliphatic heterocycles. The van der Waals surface area contributed by atoms with Gasteiger partial charge < -0.3 is 4.98 Å². The quantitative estimate of drug-likeness (QED) is 0.538. The first-order valence-corrected chi connectivity index (χ1v) is 7.42. The molecule has 1 N–H and O–H groups in total. The predicted molar refractivity (Wildman–Crippen MR) is 91.7 cm³/mol. The first kappa shape index (κ1) is 12.8. The SMILES string of the molecule is Cc1[nH]c2ncccc2c1-c1ccc(-c2ccccc2)cc1. The molecule has 0 spiro atoms. The summed E-state index contributed by atoms with van der Waals surface area (Å²) in [6.45, 7) is 2.10. The average molecular weight is 284 g/mol. The van der Waals surface area contributed by atoms with Crippen LogP contribution in [-0.4, -0.2) is 9.97 Å². The lowest BCUT2D eigenvalue weighted by Gasteiger charge is -2.05. The number of pyridine rings is 1. The zero-order valence-corrected chi connectivity index (χ0v) is 12.4. The molecule has 2 nitrogen and oxygen atoms in total. The Labute approximate surface area is 129 Å². The van der Waals surface area contributed by atoms with Gasteiger partial charge in [0.15, 0.2) is 0 Å².